The van der Waals surface area contributed by atoms with Crippen LogP contribution in [0.5, 0.6) is 0 Å². The van der Waals surface area contributed by atoms with Gasteiger partial charge in [0.05, 0.1) is 24.3 Å². The zero-order chi connectivity index (χ0) is 11.9. The Hall–Kier alpha value is -1.88. The van der Waals surface area contributed by atoms with Gasteiger partial charge in [-0.3, -0.25) is 5.43 Å². The van der Waals surface area contributed by atoms with Crippen LogP contribution in [-0.2, 0) is 0 Å². The fourth-order valence-corrected chi connectivity index (χ4v) is 1.52. The average molecular weight is 244 g/mol. The highest BCUT2D eigenvalue weighted by atomic mass is 32.2. The monoisotopic (exact) mass is 244 g/mol. The molecular formula is C12H12N4S. The summed E-state index contributed by atoms with van der Waals surface area (Å²) in [7, 11) is 0. The van der Waals surface area contributed by atoms with Crippen LogP contribution in [0.1, 0.15) is 5.56 Å². The Morgan fingerprint density at radius 3 is 2.53 bits per heavy atom. The van der Waals surface area contributed by atoms with Gasteiger partial charge in [-0.1, -0.05) is 42.1 Å². The minimum atomic E-state index is 0.752. The number of rotatable bonds is 4. The van der Waals surface area contributed by atoms with Gasteiger partial charge in [0.2, 0.25) is 0 Å². The second kappa shape index (κ2) is 6.00. The summed E-state index contributed by atoms with van der Waals surface area (Å²) in [5.74, 6) is 0. The number of thioether (sulfide) groups is 1. The Kier molecular flexibility index (Phi) is 4.10. The lowest BCUT2D eigenvalue weighted by Crippen LogP contribution is -1.93. The van der Waals surface area contributed by atoms with Gasteiger partial charge in [0.1, 0.15) is 0 Å². The van der Waals surface area contributed by atoms with Crippen LogP contribution in [0, 0.1) is 0 Å². The lowest BCUT2D eigenvalue weighted by atomic mass is 10.2. The average Bonchev–Trinajstić information content (AvgIpc) is 2.41. The molecule has 2 aromatic rings. The molecule has 0 unspecified atom stereocenters. The largest absolute Gasteiger partial charge is 0.275 e. The molecule has 1 aromatic heterocycles. The first kappa shape index (κ1) is 11.6. The fourth-order valence-electron chi connectivity index (χ4n) is 1.20. The van der Waals surface area contributed by atoms with Crippen LogP contribution in [0.4, 0.5) is 5.69 Å². The Morgan fingerprint density at radius 1 is 1.18 bits per heavy atom. The minimum absolute atomic E-state index is 0.752. The number of nitrogens with zero attached hydrogens (tertiary/aromatic N) is 3. The number of aromatic nitrogens is 2. The summed E-state index contributed by atoms with van der Waals surface area (Å²) in [6, 6.07) is 9.88. The molecule has 1 heterocycles. The standard InChI is InChI=1S/C12H12N4S/c1-17-12-13-8-11(9-14-12)16-15-7-10-5-3-2-4-6-10/h2-9,16H,1H3/b15-7+. The minimum Gasteiger partial charge on any atom is -0.275 e. The lowest BCUT2D eigenvalue weighted by Gasteiger charge is -1.99. The molecule has 0 atom stereocenters. The van der Waals surface area contributed by atoms with Crippen molar-refractivity contribution in [1.82, 2.24) is 9.97 Å². The van der Waals surface area contributed by atoms with E-state index in [9.17, 15) is 0 Å². The number of hydrazone groups is 1. The van der Waals surface area contributed by atoms with E-state index in [0.717, 1.165) is 16.4 Å². The van der Waals surface area contributed by atoms with E-state index in [0.29, 0.717) is 0 Å². The summed E-state index contributed by atoms with van der Waals surface area (Å²) in [5, 5.41) is 4.86. The first-order valence-corrected chi connectivity index (χ1v) is 6.31. The van der Waals surface area contributed by atoms with Crippen molar-refractivity contribution in [3.8, 4) is 0 Å². The van der Waals surface area contributed by atoms with Crippen LogP contribution in [0.25, 0.3) is 0 Å². The van der Waals surface area contributed by atoms with Crippen molar-refractivity contribution in [2.24, 2.45) is 5.10 Å². The highest BCUT2D eigenvalue weighted by molar-refractivity contribution is 7.98. The SMILES string of the molecule is CSc1ncc(N/N=C/c2ccccc2)cn1. The molecule has 0 fully saturated rings. The summed E-state index contributed by atoms with van der Waals surface area (Å²) in [6.45, 7) is 0. The third-order valence-corrected chi connectivity index (χ3v) is 2.59. The second-order valence-electron chi connectivity index (χ2n) is 3.24. The molecule has 1 aromatic carbocycles. The molecule has 1 N–H and O–H groups in total. The summed E-state index contributed by atoms with van der Waals surface area (Å²) in [5.41, 5.74) is 4.70. The third kappa shape index (κ3) is 3.57. The molecule has 0 spiro atoms. The lowest BCUT2D eigenvalue weighted by molar-refractivity contribution is 0.968. The van der Waals surface area contributed by atoms with Crippen molar-refractivity contribution >= 4 is 23.7 Å². The zero-order valence-electron chi connectivity index (χ0n) is 9.37. The molecule has 2 rings (SSSR count). The van der Waals surface area contributed by atoms with Crippen molar-refractivity contribution in [2.75, 3.05) is 11.7 Å². The van der Waals surface area contributed by atoms with E-state index in [-0.39, 0.29) is 0 Å². The Labute approximate surface area is 104 Å². The molecule has 0 radical (unpaired) electrons. The van der Waals surface area contributed by atoms with E-state index in [2.05, 4.69) is 20.5 Å². The van der Waals surface area contributed by atoms with Crippen LogP contribution in [0.15, 0.2) is 53.0 Å². The number of hydrogen-bond acceptors (Lipinski definition) is 5. The van der Waals surface area contributed by atoms with Gasteiger partial charge in [0.25, 0.3) is 0 Å². The van der Waals surface area contributed by atoms with E-state index in [1.807, 2.05) is 36.6 Å². The fraction of sp³-hybridized carbons (Fsp3) is 0.0833. The van der Waals surface area contributed by atoms with Crippen LogP contribution >= 0.6 is 11.8 Å². The van der Waals surface area contributed by atoms with Crippen LogP contribution in [-0.4, -0.2) is 22.4 Å². The van der Waals surface area contributed by atoms with Crippen LogP contribution in [0.3, 0.4) is 0 Å². The van der Waals surface area contributed by atoms with Gasteiger partial charge in [-0.15, -0.1) is 0 Å². The van der Waals surface area contributed by atoms with E-state index in [1.165, 1.54) is 11.8 Å². The summed E-state index contributed by atoms with van der Waals surface area (Å²) < 4.78 is 0. The topological polar surface area (TPSA) is 50.2 Å². The number of benzene rings is 1. The Morgan fingerprint density at radius 2 is 1.88 bits per heavy atom. The first-order chi connectivity index (χ1) is 8.38. The molecule has 0 saturated carbocycles. The van der Waals surface area contributed by atoms with Crippen molar-refractivity contribution in [3.63, 3.8) is 0 Å². The predicted octanol–water partition coefficient (Wildman–Crippen LogP) is 2.64. The molecule has 17 heavy (non-hydrogen) atoms. The molecule has 0 saturated heterocycles. The van der Waals surface area contributed by atoms with Gasteiger partial charge in [0.15, 0.2) is 5.16 Å². The van der Waals surface area contributed by atoms with Crippen LogP contribution < -0.4 is 5.43 Å². The first-order valence-electron chi connectivity index (χ1n) is 5.08. The van der Waals surface area contributed by atoms with Gasteiger partial charge in [-0.2, -0.15) is 5.10 Å². The highest BCUT2D eigenvalue weighted by Gasteiger charge is 1.93. The van der Waals surface area contributed by atoms with Crippen molar-refractivity contribution < 1.29 is 0 Å². The van der Waals surface area contributed by atoms with Gasteiger partial charge in [0, 0.05) is 0 Å². The van der Waals surface area contributed by atoms with Crippen molar-refractivity contribution in [1.29, 1.82) is 0 Å². The summed E-state index contributed by atoms with van der Waals surface area (Å²) >= 11 is 1.51. The Balaban J connectivity index is 1.95. The summed E-state index contributed by atoms with van der Waals surface area (Å²) in [6.07, 6.45) is 7.11. The Bertz CT molecular complexity index is 482. The normalized spacial score (nSPS) is 10.6. The molecule has 0 bridgehead atoms. The molecule has 0 aliphatic rings. The molecule has 0 aliphatic carbocycles. The highest BCUT2D eigenvalue weighted by Crippen LogP contribution is 2.09. The number of nitrogens with one attached hydrogen (secondary N) is 1. The second-order valence-corrected chi connectivity index (χ2v) is 4.01. The molecule has 0 amide bonds. The molecule has 5 heteroatoms. The van der Waals surface area contributed by atoms with Crippen molar-refractivity contribution in [3.05, 3.63) is 48.3 Å². The van der Waals surface area contributed by atoms with Crippen molar-refractivity contribution in [2.45, 2.75) is 5.16 Å². The van der Waals surface area contributed by atoms with E-state index in [1.54, 1.807) is 18.6 Å². The van der Waals surface area contributed by atoms with Gasteiger partial charge in [-0.25, -0.2) is 9.97 Å². The molecule has 0 aliphatic heterocycles. The van der Waals surface area contributed by atoms with Gasteiger partial charge >= 0.3 is 0 Å². The van der Waals surface area contributed by atoms with E-state index < -0.39 is 0 Å². The van der Waals surface area contributed by atoms with Crippen LogP contribution in [0.2, 0.25) is 0 Å². The third-order valence-electron chi connectivity index (χ3n) is 2.02. The number of hydrogen-bond donors (Lipinski definition) is 1. The van der Waals surface area contributed by atoms with E-state index in [4.69, 9.17) is 0 Å². The molecular weight excluding hydrogens is 232 g/mol. The number of anilines is 1. The quantitative estimate of drug-likeness (QED) is 0.389. The molecule has 4 nitrogen and oxygen atoms in total. The predicted molar refractivity (Wildman–Crippen MR) is 71.5 cm³/mol. The maximum Gasteiger partial charge on any atom is 0.187 e. The summed E-state index contributed by atoms with van der Waals surface area (Å²) in [4.78, 5) is 8.28. The van der Waals surface area contributed by atoms with Gasteiger partial charge < -0.3 is 0 Å². The maximum atomic E-state index is 4.14. The molecule has 86 valence electrons. The van der Waals surface area contributed by atoms with E-state index >= 15 is 0 Å². The zero-order valence-corrected chi connectivity index (χ0v) is 10.2. The maximum absolute atomic E-state index is 4.14. The smallest absolute Gasteiger partial charge is 0.187 e. The van der Waals surface area contributed by atoms with Gasteiger partial charge in [-0.05, 0) is 11.8 Å².